The van der Waals surface area contributed by atoms with Crippen LogP contribution < -0.4 is 0 Å². The maximum Gasteiger partial charge on any atom is 0.318 e. The smallest absolute Gasteiger partial charge is 0.272 e. The molecule has 0 aromatic heterocycles. The molecular weight excluding hydrogens is 530 g/mol. The summed E-state index contributed by atoms with van der Waals surface area (Å²) < 4.78 is 85.1. The van der Waals surface area contributed by atoms with Crippen LogP contribution in [0, 0.1) is 35.3 Å². The molecule has 2 aromatic carbocycles. The summed E-state index contributed by atoms with van der Waals surface area (Å²) in [6, 6.07) is 6.58. The van der Waals surface area contributed by atoms with Gasteiger partial charge in [0.05, 0.1) is 33.5 Å². The molecular formula is C20H12F2N2O10S2. The van der Waals surface area contributed by atoms with Gasteiger partial charge in [-0.25, -0.2) is 8.78 Å². The van der Waals surface area contributed by atoms with E-state index in [4.69, 9.17) is 0 Å². The van der Waals surface area contributed by atoms with E-state index in [0.717, 1.165) is 48.5 Å². The normalized spacial score (nSPS) is 25.7. The van der Waals surface area contributed by atoms with Crippen molar-refractivity contribution in [2.24, 2.45) is 23.7 Å². The number of hydroxylamine groups is 4. The van der Waals surface area contributed by atoms with Gasteiger partial charge in [0.2, 0.25) is 0 Å². The average Bonchev–Trinajstić information content (AvgIpc) is 3.10. The van der Waals surface area contributed by atoms with Gasteiger partial charge in [0.1, 0.15) is 11.6 Å². The Morgan fingerprint density at radius 2 is 0.778 bits per heavy atom. The molecule has 4 amide bonds. The Bertz CT molecular complexity index is 1380. The first-order valence-corrected chi connectivity index (χ1v) is 12.8. The summed E-state index contributed by atoms with van der Waals surface area (Å²) in [7, 11) is -9.52. The quantitative estimate of drug-likeness (QED) is 0.459. The molecule has 16 heteroatoms. The van der Waals surface area contributed by atoms with Crippen molar-refractivity contribution in [3.63, 3.8) is 0 Å². The van der Waals surface area contributed by atoms with E-state index in [-0.39, 0.29) is 10.1 Å². The van der Waals surface area contributed by atoms with E-state index in [0.29, 0.717) is 0 Å². The van der Waals surface area contributed by atoms with Gasteiger partial charge in [-0.15, -0.1) is 18.7 Å². The summed E-state index contributed by atoms with van der Waals surface area (Å²) in [4.78, 5) is 49.9. The zero-order valence-corrected chi connectivity index (χ0v) is 19.1. The molecule has 36 heavy (non-hydrogen) atoms. The van der Waals surface area contributed by atoms with Gasteiger partial charge in [-0.1, -0.05) is 0 Å². The molecule has 2 saturated heterocycles. The fourth-order valence-corrected chi connectivity index (χ4v) is 6.16. The molecule has 2 aliphatic heterocycles. The third-order valence-corrected chi connectivity index (χ3v) is 8.43. The number of benzene rings is 2. The van der Waals surface area contributed by atoms with Crippen LogP contribution in [0.15, 0.2) is 58.3 Å². The lowest BCUT2D eigenvalue weighted by Gasteiger charge is -2.35. The molecule has 12 nitrogen and oxygen atoms in total. The second-order valence-corrected chi connectivity index (χ2v) is 11.1. The molecule has 0 spiro atoms. The van der Waals surface area contributed by atoms with E-state index < -0.39 is 89.0 Å². The van der Waals surface area contributed by atoms with Crippen molar-refractivity contribution in [2.45, 2.75) is 9.79 Å². The predicted molar refractivity (Wildman–Crippen MR) is 107 cm³/mol. The van der Waals surface area contributed by atoms with Crippen LogP contribution in [0.4, 0.5) is 8.78 Å². The molecule has 0 unspecified atom stereocenters. The van der Waals surface area contributed by atoms with Crippen LogP contribution in [0.3, 0.4) is 0 Å². The van der Waals surface area contributed by atoms with E-state index in [1.54, 1.807) is 0 Å². The monoisotopic (exact) mass is 542 g/mol. The van der Waals surface area contributed by atoms with Gasteiger partial charge >= 0.3 is 20.2 Å². The third kappa shape index (κ3) is 3.52. The molecule has 1 aliphatic carbocycles. The van der Waals surface area contributed by atoms with E-state index in [1.165, 1.54) is 0 Å². The Morgan fingerprint density at radius 1 is 0.528 bits per heavy atom. The molecule has 3 fully saturated rings. The van der Waals surface area contributed by atoms with Gasteiger partial charge in [0.25, 0.3) is 23.6 Å². The summed E-state index contributed by atoms with van der Waals surface area (Å²) in [6.45, 7) is 0. The van der Waals surface area contributed by atoms with Crippen molar-refractivity contribution in [1.29, 1.82) is 0 Å². The van der Waals surface area contributed by atoms with Crippen molar-refractivity contribution in [3.05, 3.63) is 60.2 Å². The number of carbonyl (C=O) groups excluding carboxylic acids is 4. The Kier molecular flexibility index (Phi) is 5.33. The van der Waals surface area contributed by atoms with E-state index in [1.807, 2.05) is 0 Å². The van der Waals surface area contributed by atoms with Gasteiger partial charge in [-0.2, -0.15) is 16.8 Å². The Balaban J connectivity index is 1.36. The number of fused-ring (bicyclic) bond motifs is 4. The number of imide groups is 2. The Hall–Kier alpha value is -3.60. The topological polar surface area (TPSA) is 161 Å². The fraction of sp³-hybridized carbons (Fsp3) is 0.200. The second-order valence-electron chi connectivity index (χ2n) is 8.01. The molecule has 2 aromatic rings. The number of carbonyl (C=O) groups is 4. The minimum absolute atomic E-state index is 0.0760. The number of rotatable bonds is 6. The lowest BCUT2D eigenvalue weighted by atomic mass is 9.59. The van der Waals surface area contributed by atoms with Gasteiger partial charge in [-0.3, -0.25) is 19.2 Å². The highest BCUT2D eigenvalue weighted by Gasteiger charge is 2.75. The van der Waals surface area contributed by atoms with E-state index in [9.17, 15) is 44.8 Å². The SMILES string of the molecule is O=C1C2C(C(=O)N1OS(=O)(=O)c1ccc(F)cc1)C1C(=O)N(OS(=O)(=O)c3ccc(F)cc3)C(=O)C21. The Morgan fingerprint density at radius 3 is 1.03 bits per heavy atom. The highest BCUT2D eigenvalue weighted by atomic mass is 32.2. The summed E-state index contributed by atoms with van der Waals surface area (Å²) in [5.41, 5.74) is 0. The van der Waals surface area contributed by atoms with Crippen LogP contribution in [0.25, 0.3) is 0 Å². The first-order chi connectivity index (χ1) is 16.8. The zero-order chi connectivity index (χ0) is 26.2. The Labute approximate surface area is 201 Å². The lowest BCUT2D eigenvalue weighted by molar-refractivity contribution is -0.169. The number of hydrogen-bond acceptors (Lipinski definition) is 10. The maximum absolute atomic E-state index is 13.1. The molecule has 188 valence electrons. The molecule has 1 saturated carbocycles. The van der Waals surface area contributed by atoms with Gasteiger partial charge < -0.3 is 0 Å². The first-order valence-electron chi connectivity index (χ1n) is 9.99. The molecule has 5 rings (SSSR count). The fourth-order valence-electron chi connectivity index (χ4n) is 4.37. The predicted octanol–water partition coefficient (Wildman–Crippen LogP) is 0.122. The first kappa shape index (κ1) is 24.1. The van der Waals surface area contributed by atoms with Gasteiger partial charge in [0, 0.05) is 0 Å². The summed E-state index contributed by atoms with van der Waals surface area (Å²) in [6.07, 6.45) is 0. The molecule has 0 bridgehead atoms. The largest absolute Gasteiger partial charge is 0.318 e. The molecule has 2 heterocycles. The van der Waals surface area contributed by atoms with Gasteiger partial charge in [0.15, 0.2) is 0 Å². The van der Waals surface area contributed by atoms with Crippen molar-refractivity contribution >= 4 is 43.9 Å². The van der Waals surface area contributed by atoms with Crippen LogP contribution in [-0.2, 0) is 48.0 Å². The third-order valence-electron chi connectivity index (χ3n) is 6.04. The minimum atomic E-state index is -4.76. The molecule has 0 radical (unpaired) electrons. The van der Waals surface area contributed by atoms with Crippen LogP contribution >= 0.6 is 0 Å². The van der Waals surface area contributed by atoms with Crippen molar-refractivity contribution < 1.29 is 53.4 Å². The van der Waals surface area contributed by atoms with Crippen LogP contribution in [0.2, 0.25) is 0 Å². The summed E-state index contributed by atoms with van der Waals surface area (Å²) in [5.74, 6) is -12.4. The highest BCUT2D eigenvalue weighted by molar-refractivity contribution is 7.87. The number of hydrogen-bond donors (Lipinski definition) is 0. The molecule has 0 atom stereocenters. The van der Waals surface area contributed by atoms with Crippen molar-refractivity contribution in [2.75, 3.05) is 0 Å². The van der Waals surface area contributed by atoms with Crippen LogP contribution in [0.1, 0.15) is 0 Å². The molecule has 0 N–H and O–H groups in total. The summed E-state index contributed by atoms with van der Waals surface area (Å²) >= 11 is 0. The minimum Gasteiger partial charge on any atom is -0.272 e. The highest BCUT2D eigenvalue weighted by Crippen LogP contribution is 2.56. The standard InChI is InChI=1S/C20H12F2N2O10S2/c21-9-1-5-11(6-2-9)35(29,30)33-23-17(25)13-14(18(23)26)16-15(13)19(27)24(20(16)28)34-36(31,32)12-7-3-10(22)4-8-12/h1-8,13-16H. The lowest BCUT2D eigenvalue weighted by Crippen LogP contribution is -2.50. The summed E-state index contributed by atoms with van der Waals surface area (Å²) in [5, 5.41) is -0.152. The zero-order valence-electron chi connectivity index (χ0n) is 17.5. The van der Waals surface area contributed by atoms with Gasteiger partial charge in [-0.05, 0) is 48.5 Å². The van der Waals surface area contributed by atoms with Crippen molar-refractivity contribution in [1.82, 2.24) is 10.1 Å². The van der Waals surface area contributed by atoms with E-state index >= 15 is 0 Å². The van der Waals surface area contributed by atoms with Crippen LogP contribution in [-0.4, -0.2) is 50.6 Å². The van der Waals surface area contributed by atoms with Crippen molar-refractivity contribution in [3.8, 4) is 0 Å². The molecule has 3 aliphatic rings. The number of amides is 4. The average molecular weight is 542 g/mol. The second kappa shape index (κ2) is 7.95. The number of halogens is 2. The number of nitrogens with zero attached hydrogens (tertiary/aromatic N) is 2. The van der Waals surface area contributed by atoms with Crippen LogP contribution in [0.5, 0.6) is 0 Å². The maximum atomic E-state index is 13.1. The van der Waals surface area contributed by atoms with E-state index in [2.05, 4.69) is 8.57 Å².